The number of hydrogen-bond donors (Lipinski definition) is 1. The quantitative estimate of drug-likeness (QED) is 0.611. The molecule has 0 spiro atoms. The van der Waals surface area contributed by atoms with Gasteiger partial charge >= 0.3 is 0 Å². The maximum absolute atomic E-state index is 13.5. The first-order valence-electron chi connectivity index (χ1n) is 7.34. The molecule has 2 rings (SSSR count). The van der Waals surface area contributed by atoms with Gasteiger partial charge in [-0.2, -0.15) is 0 Å². The van der Waals surface area contributed by atoms with Gasteiger partial charge in [0.1, 0.15) is 17.5 Å². The SMILES string of the molecule is C=CCn1c(SCC(=O)Nc2ccc(F)cc2F)nnc1C(C)C. The zero-order chi connectivity index (χ0) is 17.7. The van der Waals surface area contributed by atoms with Gasteiger partial charge in [-0.1, -0.05) is 31.7 Å². The lowest BCUT2D eigenvalue weighted by Crippen LogP contribution is -2.16. The van der Waals surface area contributed by atoms with Gasteiger partial charge < -0.3 is 9.88 Å². The topological polar surface area (TPSA) is 59.8 Å². The fourth-order valence-corrected chi connectivity index (χ4v) is 2.80. The summed E-state index contributed by atoms with van der Waals surface area (Å²) in [6.07, 6.45) is 1.73. The average molecular weight is 352 g/mol. The molecule has 1 amide bonds. The number of rotatable bonds is 7. The Balaban J connectivity index is 2.02. The van der Waals surface area contributed by atoms with Gasteiger partial charge in [-0.25, -0.2) is 8.78 Å². The molecule has 1 N–H and O–H groups in total. The number of allylic oxidation sites excluding steroid dienone is 1. The molecule has 24 heavy (non-hydrogen) atoms. The monoisotopic (exact) mass is 352 g/mol. The Bertz CT molecular complexity index is 746. The van der Waals surface area contributed by atoms with Gasteiger partial charge in [0, 0.05) is 18.5 Å². The number of anilines is 1. The molecular weight excluding hydrogens is 334 g/mol. The lowest BCUT2D eigenvalue weighted by Gasteiger charge is -2.10. The molecule has 0 aliphatic carbocycles. The van der Waals surface area contributed by atoms with Crippen LogP contribution in [-0.2, 0) is 11.3 Å². The molecule has 0 atom stereocenters. The molecule has 0 aliphatic heterocycles. The second-order valence-corrected chi connectivity index (χ2v) is 6.30. The minimum Gasteiger partial charge on any atom is -0.323 e. The van der Waals surface area contributed by atoms with E-state index in [1.165, 1.54) is 17.8 Å². The molecule has 0 bridgehead atoms. The molecule has 5 nitrogen and oxygen atoms in total. The van der Waals surface area contributed by atoms with Gasteiger partial charge in [-0.15, -0.1) is 16.8 Å². The Labute approximate surface area is 143 Å². The number of benzene rings is 1. The summed E-state index contributed by atoms with van der Waals surface area (Å²) in [5.41, 5.74) is -0.0579. The van der Waals surface area contributed by atoms with Crippen LogP contribution < -0.4 is 5.32 Å². The highest BCUT2D eigenvalue weighted by Gasteiger charge is 2.16. The molecule has 2 aromatic rings. The molecule has 0 unspecified atom stereocenters. The smallest absolute Gasteiger partial charge is 0.234 e. The molecule has 128 valence electrons. The normalized spacial score (nSPS) is 10.9. The van der Waals surface area contributed by atoms with Crippen molar-refractivity contribution >= 4 is 23.4 Å². The predicted molar refractivity (Wildman–Crippen MR) is 90.0 cm³/mol. The van der Waals surface area contributed by atoms with E-state index in [1.54, 1.807) is 6.08 Å². The Morgan fingerprint density at radius 1 is 1.42 bits per heavy atom. The highest BCUT2D eigenvalue weighted by molar-refractivity contribution is 7.99. The van der Waals surface area contributed by atoms with Crippen LogP contribution in [0.2, 0.25) is 0 Å². The number of nitrogens with one attached hydrogen (secondary N) is 1. The van der Waals surface area contributed by atoms with E-state index >= 15 is 0 Å². The lowest BCUT2D eigenvalue weighted by molar-refractivity contribution is -0.113. The molecule has 0 saturated heterocycles. The van der Waals surface area contributed by atoms with Crippen molar-refractivity contribution in [1.29, 1.82) is 0 Å². The summed E-state index contributed by atoms with van der Waals surface area (Å²) in [4.78, 5) is 12.0. The van der Waals surface area contributed by atoms with E-state index in [0.29, 0.717) is 11.7 Å². The van der Waals surface area contributed by atoms with Crippen molar-refractivity contribution in [3.63, 3.8) is 0 Å². The fraction of sp³-hybridized carbons (Fsp3) is 0.312. The third-order valence-corrected chi connectivity index (χ3v) is 4.08. The van der Waals surface area contributed by atoms with Crippen molar-refractivity contribution in [3.8, 4) is 0 Å². The number of aromatic nitrogens is 3. The Morgan fingerprint density at radius 2 is 2.17 bits per heavy atom. The van der Waals surface area contributed by atoms with Crippen molar-refractivity contribution in [3.05, 3.63) is 48.3 Å². The summed E-state index contributed by atoms with van der Waals surface area (Å²) in [6, 6.07) is 2.99. The van der Waals surface area contributed by atoms with Crippen molar-refractivity contribution in [1.82, 2.24) is 14.8 Å². The molecule has 0 saturated carbocycles. The zero-order valence-electron chi connectivity index (χ0n) is 13.4. The van der Waals surface area contributed by atoms with Crippen LogP contribution >= 0.6 is 11.8 Å². The summed E-state index contributed by atoms with van der Waals surface area (Å²) < 4.78 is 28.3. The van der Waals surface area contributed by atoms with Crippen LogP contribution in [0.5, 0.6) is 0 Å². The summed E-state index contributed by atoms with van der Waals surface area (Å²) >= 11 is 1.19. The van der Waals surface area contributed by atoms with Gasteiger partial charge in [0.2, 0.25) is 5.91 Å². The highest BCUT2D eigenvalue weighted by Crippen LogP contribution is 2.22. The Hall–Kier alpha value is -2.22. The molecule has 1 aromatic carbocycles. The molecule has 8 heteroatoms. The van der Waals surface area contributed by atoms with Crippen LogP contribution in [0.15, 0.2) is 36.0 Å². The molecule has 0 radical (unpaired) electrons. The molecule has 0 fully saturated rings. The third-order valence-electron chi connectivity index (χ3n) is 3.11. The van der Waals surface area contributed by atoms with Crippen molar-refractivity contribution < 1.29 is 13.6 Å². The number of amides is 1. The fourth-order valence-electron chi connectivity index (χ4n) is 2.04. The number of carbonyl (C=O) groups excluding carboxylic acids is 1. The first kappa shape index (κ1) is 18.1. The Kier molecular flexibility index (Phi) is 6.08. The summed E-state index contributed by atoms with van der Waals surface area (Å²) in [7, 11) is 0. The number of thioether (sulfide) groups is 1. The lowest BCUT2D eigenvalue weighted by atomic mass is 10.2. The predicted octanol–water partition coefficient (Wildman–Crippen LogP) is 3.60. The summed E-state index contributed by atoms with van der Waals surface area (Å²) in [5.74, 6) is -0.894. The summed E-state index contributed by atoms with van der Waals surface area (Å²) in [6.45, 7) is 8.25. The van der Waals surface area contributed by atoms with Crippen molar-refractivity contribution in [2.75, 3.05) is 11.1 Å². The first-order valence-corrected chi connectivity index (χ1v) is 8.32. The molecule has 0 aliphatic rings. The maximum atomic E-state index is 13.5. The van der Waals surface area contributed by atoms with Gasteiger partial charge in [-0.3, -0.25) is 4.79 Å². The van der Waals surface area contributed by atoms with E-state index in [9.17, 15) is 13.6 Å². The van der Waals surface area contributed by atoms with E-state index in [1.807, 2.05) is 18.4 Å². The van der Waals surface area contributed by atoms with E-state index < -0.39 is 17.5 Å². The van der Waals surface area contributed by atoms with Gasteiger partial charge in [0.05, 0.1) is 11.4 Å². The minimum atomic E-state index is -0.815. The van der Waals surface area contributed by atoms with Crippen LogP contribution in [0, 0.1) is 11.6 Å². The number of hydrogen-bond acceptors (Lipinski definition) is 4. The van der Waals surface area contributed by atoms with E-state index in [-0.39, 0.29) is 17.4 Å². The number of nitrogens with zero attached hydrogens (tertiary/aromatic N) is 3. The van der Waals surface area contributed by atoms with E-state index in [2.05, 4.69) is 22.1 Å². The highest BCUT2D eigenvalue weighted by atomic mass is 32.2. The van der Waals surface area contributed by atoms with Crippen LogP contribution in [0.25, 0.3) is 0 Å². The Morgan fingerprint density at radius 3 is 2.79 bits per heavy atom. The number of carbonyl (C=O) groups is 1. The van der Waals surface area contributed by atoms with Crippen LogP contribution in [-0.4, -0.2) is 26.4 Å². The summed E-state index contributed by atoms with van der Waals surface area (Å²) in [5, 5.41) is 11.2. The maximum Gasteiger partial charge on any atom is 0.234 e. The second-order valence-electron chi connectivity index (χ2n) is 5.36. The van der Waals surface area contributed by atoms with Crippen LogP contribution in [0.4, 0.5) is 14.5 Å². The zero-order valence-corrected chi connectivity index (χ0v) is 14.2. The minimum absolute atomic E-state index is 0.0319. The number of halogens is 2. The van der Waals surface area contributed by atoms with E-state index in [0.717, 1.165) is 18.0 Å². The third kappa shape index (κ3) is 4.41. The molecule has 1 aromatic heterocycles. The second kappa shape index (κ2) is 8.05. The van der Waals surface area contributed by atoms with Crippen molar-refractivity contribution in [2.45, 2.75) is 31.5 Å². The van der Waals surface area contributed by atoms with Gasteiger partial charge in [0.15, 0.2) is 5.16 Å². The van der Waals surface area contributed by atoms with Crippen LogP contribution in [0.1, 0.15) is 25.6 Å². The first-order chi connectivity index (χ1) is 11.4. The van der Waals surface area contributed by atoms with Gasteiger partial charge in [-0.05, 0) is 12.1 Å². The average Bonchev–Trinajstić information content (AvgIpc) is 2.91. The molecule has 1 heterocycles. The van der Waals surface area contributed by atoms with Crippen LogP contribution in [0.3, 0.4) is 0 Å². The van der Waals surface area contributed by atoms with Gasteiger partial charge in [0.25, 0.3) is 0 Å². The van der Waals surface area contributed by atoms with Crippen molar-refractivity contribution in [2.24, 2.45) is 0 Å². The van der Waals surface area contributed by atoms with E-state index in [4.69, 9.17) is 0 Å². The largest absolute Gasteiger partial charge is 0.323 e. The standard InChI is InChI=1S/C16H18F2N4OS/c1-4-7-22-15(10(2)3)20-21-16(22)24-9-14(23)19-13-6-5-11(17)8-12(13)18/h4-6,8,10H,1,7,9H2,2-3H3,(H,19,23). The molecular formula is C16H18F2N4OS.